The maximum atomic E-state index is 13.4. The van der Waals surface area contributed by atoms with Crippen molar-refractivity contribution >= 4 is 15.8 Å². The second-order valence-corrected chi connectivity index (χ2v) is 9.20. The van der Waals surface area contributed by atoms with Gasteiger partial charge in [-0.05, 0) is 45.0 Å². The van der Waals surface area contributed by atoms with Gasteiger partial charge in [-0.25, -0.2) is 18.1 Å². The molecule has 3 aromatic rings. The van der Waals surface area contributed by atoms with Gasteiger partial charge in [-0.3, -0.25) is 0 Å². The van der Waals surface area contributed by atoms with E-state index in [1.165, 1.54) is 0 Å². The minimum Gasteiger partial charge on any atom is -0.354 e. The summed E-state index contributed by atoms with van der Waals surface area (Å²) in [5, 5.41) is 4.52. The van der Waals surface area contributed by atoms with Gasteiger partial charge in [0, 0.05) is 32.4 Å². The molecule has 8 heteroatoms. The Bertz CT molecular complexity index is 1100. The SMILES string of the molecule is Cc1ccc(-n2nc(C)c(S(=O)(=O)N3CCN(c4ccccn4)CC3)c2C)cc1. The summed E-state index contributed by atoms with van der Waals surface area (Å²) in [5.74, 6) is 0.879. The van der Waals surface area contributed by atoms with E-state index in [1.807, 2.05) is 56.3 Å². The van der Waals surface area contributed by atoms with Gasteiger partial charge in [-0.2, -0.15) is 9.40 Å². The molecular formula is C21H25N5O2S. The summed E-state index contributed by atoms with van der Waals surface area (Å²) in [4.78, 5) is 6.79. The maximum absolute atomic E-state index is 13.4. The molecule has 1 fully saturated rings. The fourth-order valence-corrected chi connectivity index (χ4v) is 5.54. The molecule has 1 saturated heterocycles. The predicted octanol–water partition coefficient (Wildman–Crippen LogP) is 2.70. The molecule has 152 valence electrons. The molecule has 0 N–H and O–H groups in total. The Morgan fingerprint density at radius 1 is 0.897 bits per heavy atom. The normalized spacial score (nSPS) is 15.6. The highest BCUT2D eigenvalue weighted by atomic mass is 32.2. The highest BCUT2D eigenvalue weighted by molar-refractivity contribution is 7.89. The number of rotatable bonds is 4. The zero-order valence-corrected chi connectivity index (χ0v) is 17.7. The molecule has 0 atom stereocenters. The largest absolute Gasteiger partial charge is 0.354 e. The van der Waals surface area contributed by atoms with Gasteiger partial charge in [-0.15, -0.1) is 0 Å². The molecule has 0 radical (unpaired) electrons. The molecule has 29 heavy (non-hydrogen) atoms. The Balaban J connectivity index is 1.59. The molecule has 0 unspecified atom stereocenters. The van der Waals surface area contributed by atoms with Gasteiger partial charge in [0.15, 0.2) is 0 Å². The molecule has 1 aliphatic rings. The molecular weight excluding hydrogens is 386 g/mol. The smallest absolute Gasteiger partial charge is 0.246 e. The first-order valence-electron chi connectivity index (χ1n) is 9.67. The minimum absolute atomic E-state index is 0.310. The van der Waals surface area contributed by atoms with Crippen molar-refractivity contribution in [2.75, 3.05) is 31.1 Å². The van der Waals surface area contributed by atoms with Crippen molar-refractivity contribution in [2.45, 2.75) is 25.7 Å². The number of aryl methyl sites for hydroxylation is 2. The lowest BCUT2D eigenvalue weighted by Gasteiger charge is -2.34. The van der Waals surface area contributed by atoms with Crippen molar-refractivity contribution in [2.24, 2.45) is 0 Å². The molecule has 1 aliphatic heterocycles. The van der Waals surface area contributed by atoms with Crippen molar-refractivity contribution < 1.29 is 8.42 Å². The van der Waals surface area contributed by atoms with Gasteiger partial charge < -0.3 is 4.90 Å². The first-order chi connectivity index (χ1) is 13.9. The van der Waals surface area contributed by atoms with E-state index in [9.17, 15) is 8.42 Å². The van der Waals surface area contributed by atoms with Crippen molar-refractivity contribution in [1.82, 2.24) is 19.1 Å². The maximum Gasteiger partial charge on any atom is 0.246 e. The van der Waals surface area contributed by atoms with Crippen LogP contribution in [0.1, 0.15) is 17.0 Å². The zero-order valence-electron chi connectivity index (χ0n) is 16.9. The fourth-order valence-electron chi connectivity index (χ4n) is 3.77. The summed E-state index contributed by atoms with van der Waals surface area (Å²) in [7, 11) is -3.62. The standard InChI is InChI=1S/C21H25N5O2S/c1-16-7-9-19(10-8-16)26-18(3)21(17(2)23-26)29(27,28)25-14-12-24(13-15-25)20-6-4-5-11-22-20/h4-11H,12-15H2,1-3H3. The Morgan fingerprint density at radius 2 is 1.59 bits per heavy atom. The van der Waals surface area contributed by atoms with E-state index in [0.717, 1.165) is 17.1 Å². The van der Waals surface area contributed by atoms with E-state index in [4.69, 9.17) is 0 Å². The van der Waals surface area contributed by atoms with E-state index >= 15 is 0 Å². The molecule has 0 aliphatic carbocycles. The van der Waals surface area contributed by atoms with Crippen molar-refractivity contribution in [3.05, 3.63) is 65.6 Å². The number of benzene rings is 1. The zero-order chi connectivity index (χ0) is 20.6. The fraction of sp³-hybridized carbons (Fsp3) is 0.333. The quantitative estimate of drug-likeness (QED) is 0.660. The summed E-state index contributed by atoms with van der Waals surface area (Å²) in [6, 6.07) is 13.7. The van der Waals surface area contributed by atoms with Crippen LogP contribution in [0.2, 0.25) is 0 Å². The van der Waals surface area contributed by atoms with Crippen LogP contribution in [-0.4, -0.2) is 53.7 Å². The number of pyridine rings is 1. The van der Waals surface area contributed by atoms with Crippen LogP contribution < -0.4 is 4.90 Å². The van der Waals surface area contributed by atoms with Crippen LogP contribution in [-0.2, 0) is 10.0 Å². The average Bonchev–Trinajstić information content (AvgIpc) is 3.04. The van der Waals surface area contributed by atoms with Crippen LogP contribution in [0, 0.1) is 20.8 Å². The number of anilines is 1. The summed E-state index contributed by atoms with van der Waals surface area (Å²) in [5.41, 5.74) is 3.17. The third-order valence-corrected chi connectivity index (χ3v) is 7.46. The first-order valence-corrected chi connectivity index (χ1v) is 11.1. The average molecular weight is 412 g/mol. The predicted molar refractivity (Wildman–Crippen MR) is 113 cm³/mol. The lowest BCUT2D eigenvalue weighted by molar-refractivity contribution is 0.383. The van der Waals surface area contributed by atoms with Gasteiger partial charge in [0.05, 0.1) is 17.1 Å². The van der Waals surface area contributed by atoms with E-state index in [0.29, 0.717) is 42.5 Å². The molecule has 7 nitrogen and oxygen atoms in total. The highest BCUT2D eigenvalue weighted by Crippen LogP contribution is 2.27. The number of nitrogens with zero attached hydrogens (tertiary/aromatic N) is 5. The number of piperazine rings is 1. The third-order valence-electron chi connectivity index (χ3n) is 5.31. The molecule has 0 spiro atoms. The Labute approximate surface area is 171 Å². The van der Waals surface area contributed by atoms with Crippen LogP contribution >= 0.6 is 0 Å². The second-order valence-electron chi connectivity index (χ2n) is 7.33. The molecule has 1 aromatic carbocycles. The molecule has 0 amide bonds. The van der Waals surface area contributed by atoms with Crippen molar-refractivity contribution in [1.29, 1.82) is 0 Å². The van der Waals surface area contributed by atoms with Gasteiger partial charge in [-0.1, -0.05) is 23.8 Å². The number of sulfonamides is 1. The number of hydrogen-bond acceptors (Lipinski definition) is 5. The van der Waals surface area contributed by atoms with Crippen LogP contribution in [0.4, 0.5) is 5.82 Å². The lowest BCUT2D eigenvalue weighted by Crippen LogP contribution is -2.49. The van der Waals surface area contributed by atoms with Crippen LogP contribution in [0.25, 0.3) is 5.69 Å². The molecule has 4 rings (SSSR count). The number of aromatic nitrogens is 3. The van der Waals surface area contributed by atoms with Crippen molar-refractivity contribution in [3.8, 4) is 5.69 Å². The lowest BCUT2D eigenvalue weighted by atomic mass is 10.2. The van der Waals surface area contributed by atoms with E-state index in [2.05, 4.69) is 15.0 Å². The van der Waals surface area contributed by atoms with E-state index in [1.54, 1.807) is 22.1 Å². The van der Waals surface area contributed by atoms with Gasteiger partial charge >= 0.3 is 0 Å². The molecule has 2 aromatic heterocycles. The van der Waals surface area contributed by atoms with Gasteiger partial charge in [0.25, 0.3) is 0 Å². The van der Waals surface area contributed by atoms with Crippen molar-refractivity contribution in [3.63, 3.8) is 0 Å². The minimum atomic E-state index is -3.62. The monoisotopic (exact) mass is 411 g/mol. The van der Waals surface area contributed by atoms with Crippen LogP contribution in [0.5, 0.6) is 0 Å². The van der Waals surface area contributed by atoms with E-state index in [-0.39, 0.29) is 0 Å². The third kappa shape index (κ3) is 3.65. The highest BCUT2D eigenvalue weighted by Gasteiger charge is 2.33. The molecule has 3 heterocycles. The summed E-state index contributed by atoms with van der Waals surface area (Å²) in [6.45, 7) is 7.67. The Morgan fingerprint density at radius 3 is 2.21 bits per heavy atom. The second kappa shape index (κ2) is 7.61. The summed E-state index contributed by atoms with van der Waals surface area (Å²) in [6.07, 6.45) is 1.75. The van der Waals surface area contributed by atoms with Crippen LogP contribution in [0.3, 0.4) is 0 Å². The topological polar surface area (TPSA) is 71.3 Å². The molecule has 0 bridgehead atoms. The number of hydrogen-bond donors (Lipinski definition) is 0. The van der Waals surface area contributed by atoms with Gasteiger partial charge in [0.1, 0.15) is 10.7 Å². The Kier molecular flexibility index (Phi) is 5.14. The van der Waals surface area contributed by atoms with Gasteiger partial charge in [0.2, 0.25) is 10.0 Å². The first kappa shape index (κ1) is 19.6. The summed E-state index contributed by atoms with van der Waals surface area (Å²) < 4.78 is 30.1. The van der Waals surface area contributed by atoms with E-state index < -0.39 is 10.0 Å². The Hall–Kier alpha value is -2.71. The molecule has 0 saturated carbocycles. The summed E-state index contributed by atoms with van der Waals surface area (Å²) >= 11 is 0. The van der Waals surface area contributed by atoms with Crippen LogP contribution in [0.15, 0.2) is 53.6 Å².